The summed E-state index contributed by atoms with van der Waals surface area (Å²) in [4.78, 5) is 29.2. The third-order valence-corrected chi connectivity index (χ3v) is 3.33. The number of hydrogen-bond donors (Lipinski definition) is 1. The largest absolute Gasteiger partial charge is 0.331 e. The van der Waals surface area contributed by atoms with E-state index in [-0.39, 0.29) is 17.9 Å². The molecule has 0 aliphatic carbocycles. The Morgan fingerprint density at radius 2 is 2.12 bits per heavy atom. The van der Waals surface area contributed by atoms with Crippen molar-refractivity contribution in [3.05, 3.63) is 0 Å². The lowest BCUT2D eigenvalue weighted by molar-refractivity contribution is -0.159. The highest BCUT2D eigenvalue weighted by Crippen LogP contribution is 2.13. The molecule has 0 bridgehead atoms. The molecule has 2 rings (SSSR count). The zero-order valence-corrected chi connectivity index (χ0v) is 10.5. The van der Waals surface area contributed by atoms with Gasteiger partial charge in [0.25, 0.3) is 0 Å². The molecular formula is C11H20N4O2. The predicted molar refractivity (Wildman–Crippen MR) is 63.5 cm³/mol. The summed E-state index contributed by atoms with van der Waals surface area (Å²) in [5.74, 6) is -0.675. The molecule has 0 aromatic rings. The van der Waals surface area contributed by atoms with E-state index in [0.29, 0.717) is 19.6 Å². The first kappa shape index (κ1) is 12.3. The van der Waals surface area contributed by atoms with Gasteiger partial charge in [0, 0.05) is 39.3 Å². The highest BCUT2D eigenvalue weighted by atomic mass is 16.2. The summed E-state index contributed by atoms with van der Waals surface area (Å²) in [6.45, 7) is 4.30. The number of likely N-dealkylation sites (N-methyl/N-ethyl adjacent to an activating group) is 1. The summed E-state index contributed by atoms with van der Waals surface area (Å²) in [6.07, 6.45) is 0. The van der Waals surface area contributed by atoms with Crippen molar-refractivity contribution in [2.75, 3.05) is 53.4 Å². The van der Waals surface area contributed by atoms with Crippen molar-refractivity contribution in [1.82, 2.24) is 20.0 Å². The number of amides is 2. The number of piperazine rings is 2. The second kappa shape index (κ2) is 5.01. The van der Waals surface area contributed by atoms with Crippen LogP contribution in [0.25, 0.3) is 0 Å². The zero-order chi connectivity index (χ0) is 12.4. The van der Waals surface area contributed by atoms with E-state index in [1.165, 1.54) is 0 Å². The number of fused-ring (bicyclic) bond motifs is 1. The highest BCUT2D eigenvalue weighted by molar-refractivity contribution is 6.35. The number of hydrogen-bond acceptors (Lipinski definition) is 4. The maximum Gasteiger partial charge on any atom is 0.312 e. The topological polar surface area (TPSA) is 55.9 Å². The van der Waals surface area contributed by atoms with Crippen molar-refractivity contribution in [3.8, 4) is 0 Å². The molecule has 1 unspecified atom stereocenters. The number of rotatable bonds is 3. The van der Waals surface area contributed by atoms with E-state index in [1.54, 1.807) is 9.80 Å². The average molecular weight is 240 g/mol. The van der Waals surface area contributed by atoms with Crippen LogP contribution in [0.4, 0.5) is 0 Å². The van der Waals surface area contributed by atoms with Crippen LogP contribution < -0.4 is 5.32 Å². The molecule has 6 nitrogen and oxygen atoms in total. The molecule has 2 heterocycles. The second-order valence-corrected chi connectivity index (χ2v) is 4.91. The fourth-order valence-electron chi connectivity index (χ4n) is 2.30. The fraction of sp³-hybridized carbons (Fsp3) is 0.818. The van der Waals surface area contributed by atoms with Gasteiger partial charge >= 0.3 is 11.8 Å². The molecule has 2 amide bonds. The van der Waals surface area contributed by atoms with Crippen molar-refractivity contribution in [2.45, 2.75) is 6.04 Å². The normalized spacial score (nSPS) is 25.5. The smallest absolute Gasteiger partial charge is 0.312 e. The van der Waals surface area contributed by atoms with Gasteiger partial charge in [-0.15, -0.1) is 0 Å². The van der Waals surface area contributed by atoms with Gasteiger partial charge < -0.3 is 20.0 Å². The van der Waals surface area contributed by atoms with Gasteiger partial charge in [0.2, 0.25) is 0 Å². The summed E-state index contributed by atoms with van der Waals surface area (Å²) in [5, 5.41) is 3.26. The van der Waals surface area contributed by atoms with E-state index in [9.17, 15) is 9.59 Å². The highest BCUT2D eigenvalue weighted by Gasteiger charge is 2.39. The SMILES string of the molecule is CN(C)CCN1CC2CNCCN2C(=O)C1=O. The van der Waals surface area contributed by atoms with Crippen molar-refractivity contribution >= 4 is 11.8 Å². The second-order valence-electron chi connectivity index (χ2n) is 4.91. The number of carbonyl (C=O) groups is 2. The molecule has 6 heteroatoms. The molecule has 0 saturated carbocycles. The molecule has 17 heavy (non-hydrogen) atoms. The van der Waals surface area contributed by atoms with Crippen LogP contribution in [0.5, 0.6) is 0 Å². The van der Waals surface area contributed by atoms with Crippen LogP contribution in [0, 0.1) is 0 Å². The zero-order valence-electron chi connectivity index (χ0n) is 10.5. The van der Waals surface area contributed by atoms with Crippen molar-refractivity contribution in [2.24, 2.45) is 0 Å². The van der Waals surface area contributed by atoms with E-state index < -0.39 is 0 Å². The van der Waals surface area contributed by atoms with Gasteiger partial charge in [-0.2, -0.15) is 0 Å². The van der Waals surface area contributed by atoms with Crippen molar-refractivity contribution in [3.63, 3.8) is 0 Å². The van der Waals surface area contributed by atoms with Gasteiger partial charge in [0.05, 0.1) is 6.04 Å². The summed E-state index contributed by atoms with van der Waals surface area (Å²) in [6, 6.07) is 0.149. The fourth-order valence-corrected chi connectivity index (χ4v) is 2.30. The van der Waals surface area contributed by atoms with Crippen LogP contribution in [0.2, 0.25) is 0 Å². The van der Waals surface area contributed by atoms with E-state index in [2.05, 4.69) is 5.32 Å². The molecular weight excluding hydrogens is 220 g/mol. The summed E-state index contributed by atoms with van der Waals surface area (Å²) >= 11 is 0. The molecule has 96 valence electrons. The number of carbonyl (C=O) groups excluding carboxylic acids is 2. The van der Waals surface area contributed by atoms with Gasteiger partial charge in [0.15, 0.2) is 0 Å². The van der Waals surface area contributed by atoms with Crippen LogP contribution >= 0.6 is 0 Å². The van der Waals surface area contributed by atoms with Crippen molar-refractivity contribution < 1.29 is 9.59 Å². The summed E-state index contributed by atoms with van der Waals surface area (Å²) in [7, 11) is 3.93. The first-order valence-corrected chi connectivity index (χ1v) is 6.05. The molecule has 1 N–H and O–H groups in total. The Hall–Kier alpha value is -1.14. The molecule has 1 atom stereocenters. The van der Waals surface area contributed by atoms with Crippen LogP contribution in [0.3, 0.4) is 0 Å². The van der Waals surface area contributed by atoms with Gasteiger partial charge in [-0.05, 0) is 14.1 Å². The molecule has 2 aliphatic rings. The third-order valence-electron chi connectivity index (χ3n) is 3.33. The first-order valence-electron chi connectivity index (χ1n) is 6.05. The van der Waals surface area contributed by atoms with E-state index >= 15 is 0 Å². The quantitative estimate of drug-likeness (QED) is 0.591. The summed E-state index contributed by atoms with van der Waals surface area (Å²) < 4.78 is 0. The Morgan fingerprint density at radius 3 is 2.82 bits per heavy atom. The van der Waals surface area contributed by atoms with Gasteiger partial charge in [-0.25, -0.2) is 0 Å². The number of nitrogens with one attached hydrogen (secondary N) is 1. The maximum absolute atomic E-state index is 11.9. The van der Waals surface area contributed by atoms with E-state index in [1.807, 2.05) is 19.0 Å². The van der Waals surface area contributed by atoms with E-state index in [0.717, 1.165) is 19.6 Å². The molecule has 2 aliphatic heterocycles. The lowest BCUT2D eigenvalue weighted by Crippen LogP contribution is -2.66. The van der Waals surface area contributed by atoms with Gasteiger partial charge in [-0.3, -0.25) is 9.59 Å². The maximum atomic E-state index is 11.9. The summed E-state index contributed by atoms with van der Waals surface area (Å²) in [5.41, 5.74) is 0. The third kappa shape index (κ3) is 2.58. The Balaban J connectivity index is 2.00. The van der Waals surface area contributed by atoms with Crippen LogP contribution in [0.1, 0.15) is 0 Å². The molecule has 0 aromatic heterocycles. The average Bonchev–Trinajstić information content (AvgIpc) is 2.32. The van der Waals surface area contributed by atoms with Crippen LogP contribution in [-0.2, 0) is 9.59 Å². The molecule has 0 radical (unpaired) electrons. The van der Waals surface area contributed by atoms with Gasteiger partial charge in [0.1, 0.15) is 0 Å². The Labute approximate surface area is 102 Å². The first-order chi connectivity index (χ1) is 8.09. The Morgan fingerprint density at radius 1 is 1.35 bits per heavy atom. The minimum absolute atomic E-state index is 0.149. The Bertz CT molecular complexity index is 319. The standard InChI is InChI=1S/C11H20N4O2/c1-13(2)5-6-14-8-9-7-12-3-4-15(9)11(17)10(14)16/h9,12H,3-8H2,1-2H3. The number of nitrogens with zero attached hydrogens (tertiary/aromatic N) is 3. The van der Waals surface area contributed by atoms with Crippen molar-refractivity contribution in [1.29, 1.82) is 0 Å². The molecule has 0 spiro atoms. The van der Waals surface area contributed by atoms with Gasteiger partial charge in [-0.1, -0.05) is 0 Å². The van der Waals surface area contributed by atoms with E-state index in [4.69, 9.17) is 0 Å². The molecule has 2 saturated heterocycles. The molecule has 0 aromatic carbocycles. The predicted octanol–water partition coefficient (Wildman–Crippen LogP) is -1.81. The lowest BCUT2D eigenvalue weighted by Gasteiger charge is -2.43. The Kier molecular flexibility index (Phi) is 3.63. The minimum Gasteiger partial charge on any atom is -0.331 e. The minimum atomic E-state index is -0.343. The van der Waals surface area contributed by atoms with Crippen LogP contribution in [0.15, 0.2) is 0 Å². The monoisotopic (exact) mass is 240 g/mol. The van der Waals surface area contributed by atoms with Crippen LogP contribution in [-0.4, -0.2) is 85.9 Å². The molecule has 2 fully saturated rings. The lowest BCUT2D eigenvalue weighted by atomic mass is 10.1.